The van der Waals surface area contributed by atoms with Crippen molar-refractivity contribution >= 4 is 39.2 Å². The van der Waals surface area contributed by atoms with Gasteiger partial charge >= 0.3 is 5.97 Å². The summed E-state index contributed by atoms with van der Waals surface area (Å²) < 4.78 is 4.47. The van der Waals surface area contributed by atoms with Crippen LogP contribution in [-0.2, 0) is 10.1 Å². The van der Waals surface area contributed by atoms with Crippen molar-refractivity contribution in [1.29, 1.82) is 0 Å². The number of carbonyl (C=O) groups excluding carboxylic acids is 1. The third kappa shape index (κ3) is 2.51. The maximum atomic E-state index is 11.3. The van der Waals surface area contributed by atoms with E-state index in [2.05, 4.69) is 20.7 Å². The Morgan fingerprint density at radius 3 is 2.69 bits per heavy atom. The molecular formula is C9H7BrClNO4. The van der Waals surface area contributed by atoms with E-state index in [9.17, 15) is 14.9 Å². The molecule has 0 saturated heterocycles. The molecule has 5 nitrogen and oxygen atoms in total. The fraction of sp³-hybridized carbons (Fsp3) is 0.222. The summed E-state index contributed by atoms with van der Waals surface area (Å²) in [5, 5.41) is 11.2. The summed E-state index contributed by atoms with van der Waals surface area (Å²) in [5.74, 6) is -0.700. The minimum Gasteiger partial charge on any atom is -0.465 e. The lowest BCUT2D eigenvalue weighted by Gasteiger charge is -2.05. The maximum absolute atomic E-state index is 11.3. The van der Waals surface area contributed by atoms with E-state index in [1.807, 2.05) is 0 Å². The molecule has 0 bridgehead atoms. The number of hydrogen-bond acceptors (Lipinski definition) is 4. The predicted molar refractivity (Wildman–Crippen MR) is 62.1 cm³/mol. The van der Waals surface area contributed by atoms with Crippen molar-refractivity contribution in [3.8, 4) is 0 Å². The number of esters is 1. The number of nitrogens with zero attached hydrogens (tertiary/aromatic N) is 1. The second kappa shape index (κ2) is 5.27. The van der Waals surface area contributed by atoms with Crippen molar-refractivity contribution in [2.75, 3.05) is 7.11 Å². The number of rotatable bonds is 3. The molecule has 0 radical (unpaired) electrons. The zero-order chi connectivity index (χ0) is 12.3. The van der Waals surface area contributed by atoms with Crippen molar-refractivity contribution < 1.29 is 14.5 Å². The Kier molecular flexibility index (Phi) is 4.26. The number of methoxy groups -OCH3 is 1. The highest BCUT2D eigenvalue weighted by Gasteiger charge is 2.20. The van der Waals surface area contributed by atoms with Crippen LogP contribution in [0.2, 0.25) is 5.02 Å². The monoisotopic (exact) mass is 307 g/mol. The summed E-state index contributed by atoms with van der Waals surface area (Å²) in [7, 11) is 1.18. The van der Waals surface area contributed by atoms with Gasteiger partial charge < -0.3 is 4.74 Å². The zero-order valence-electron chi connectivity index (χ0n) is 8.20. The van der Waals surface area contributed by atoms with E-state index in [1.54, 1.807) is 0 Å². The molecule has 1 aromatic rings. The lowest BCUT2D eigenvalue weighted by atomic mass is 10.1. The second-order valence-electron chi connectivity index (χ2n) is 2.84. The van der Waals surface area contributed by atoms with Gasteiger partial charge in [0.15, 0.2) is 0 Å². The second-order valence-corrected chi connectivity index (χ2v) is 3.81. The van der Waals surface area contributed by atoms with Gasteiger partial charge in [0.25, 0.3) is 5.69 Å². The fourth-order valence-corrected chi connectivity index (χ4v) is 1.86. The van der Waals surface area contributed by atoms with E-state index in [1.165, 1.54) is 13.2 Å². The van der Waals surface area contributed by atoms with Crippen molar-refractivity contribution in [2.24, 2.45) is 0 Å². The molecule has 0 aliphatic carbocycles. The van der Waals surface area contributed by atoms with E-state index in [4.69, 9.17) is 11.6 Å². The Morgan fingerprint density at radius 2 is 2.25 bits per heavy atom. The summed E-state index contributed by atoms with van der Waals surface area (Å²) in [4.78, 5) is 21.4. The van der Waals surface area contributed by atoms with Crippen LogP contribution in [0, 0.1) is 10.1 Å². The number of nitro groups is 1. The predicted octanol–water partition coefficient (Wildman–Crippen LogP) is 2.93. The fourth-order valence-electron chi connectivity index (χ4n) is 1.15. The first kappa shape index (κ1) is 12.9. The highest BCUT2D eigenvalue weighted by Crippen LogP contribution is 2.29. The molecule has 7 heteroatoms. The molecule has 0 fully saturated rings. The van der Waals surface area contributed by atoms with E-state index in [-0.39, 0.29) is 21.6 Å². The van der Waals surface area contributed by atoms with E-state index in [0.29, 0.717) is 5.56 Å². The summed E-state index contributed by atoms with van der Waals surface area (Å²) in [5.41, 5.74) is 0.227. The summed E-state index contributed by atoms with van der Waals surface area (Å²) in [6.45, 7) is 0. The molecule has 0 aliphatic rings. The standard InChI is InChI=1S/C9H7BrClNO4/c1-16-9(13)6-3-8(12(14)15)5(4-10)2-7(6)11/h2-3H,4H2,1H3. The van der Waals surface area contributed by atoms with Crippen LogP contribution in [-0.4, -0.2) is 18.0 Å². The van der Waals surface area contributed by atoms with Gasteiger partial charge in [-0.1, -0.05) is 27.5 Å². The van der Waals surface area contributed by atoms with Crippen LogP contribution in [0.25, 0.3) is 0 Å². The molecule has 0 unspecified atom stereocenters. The van der Waals surface area contributed by atoms with Crippen LogP contribution in [0.4, 0.5) is 5.69 Å². The number of hydrogen-bond donors (Lipinski definition) is 0. The molecule has 0 aromatic heterocycles. The van der Waals surface area contributed by atoms with Crippen LogP contribution in [0.15, 0.2) is 12.1 Å². The summed E-state index contributed by atoms with van der Waals surface area (Å²) >= 11 is 8.92. The van der Waals surface area contributed by atoms with E-state index in [0.717, 1.165) is 6.07 Å². The van der Waals surface area contributed by atoms with Gasteiger partial charge in [-0.3, -0.25) is 10.1 Å². The van der Waals surface area contributed by atoms with E-state index >= 15 is 0 Å². The Bertz CT molecular complexity index is 449. The highest BCUT2D eigenvalue weighted by molar-refractivity contribution is 9.08. The van der Waals surface area contributed by atoms with Gasteiger partial charge in [-0.05, 0) is 6.07 Å². The molecule has 0 aliphatic heterocycles. The minimum absolute atomic E-state index is 0.0134. The third-order valence-electron chi connectivity index (χ3n) is 1.91. The quantitative estimate of drug-likeness (QED) is 0.372. The molecule has 16 heavy (non-hydrogen) atoms. The average molecular weight is 309 g/mol. The lowest BCUT2D eigenvalue weighted by Crippen LogP contribution is -2.04. The van der Waals surface area contributed by atoms with Crippen LogP contribution in [0.5, 0.6) is 0 Å². The van der Waals surface area contributed by atoms with Gasteiger partial charge in [0.1, 0.15) is 0 Å². The molecule has 0 amide bonds. The number of nitro benzene ring substituents is 1. The van der Waals surface area contributed by atoms with Gasteiger partial charge in [-0.15, -0.1) is 0 Å². The normalized spacial score (nSPS) is 9.94. The van der Waals surface area contributed by atoms with Crippen molar-refractivity contribution in [2.45, 2.75) is 5.33 Å². The molecule has 1 rings (SSSR count). The number of carbonyl (C=O) groups is 1. The van der Waals surface area contributed by atoms with Crippen LogP contribution in [0.3, 0.4) is 0 Å². The SMILES string of the molecule is COC(=O)c1cc([N+](=O)[O-])c(CBr)cc1Cl. The van der Waals surface area contributed by atoms with Crippen LogP contribution < -0.4 is 0 Å². The third-order valence-corrected chi connectivity index (χ3v) is 2.83. The van der Waals surface area contributed by atoms with Gasteiger partial charge in [0.2, 0.25) is 0 Å². The average Bonchev–Trinajstić information content (AvgIpc) is 2.27. The molecule has 0 heterocycles. The van der Waals surface area contributed by atoms with Gasteiger partial charge in [0, 0.05) is 17.0 Å². The molecule has 0 spiro atoms. The first-order valence-corrected chi connectivity index (χ1v) is 5.62. The summed E-state index contributed by atoms with van der Waals surface area (Å²) in [6.07, 6.45) is 0. The highest BCUT2D eigenvalue weighted by atomic mass is 79.9. The van der Waals surface area contributed by atoms with Crippen LogP contribution in [0.1, 0.15) is 15.9 Å². The number of alkyl halides is 1. The van der Waals surface area contributed by atoms with E-state index < -0.39 is 10.9 Å². The zero-order valence-corrected chi connectivity index (χ0v) is 10.5. The first-order chi connectivity index (χ1) is 7.51. The van der Waals surface area contributed by atoms with Crippen molar-refractivity contribution in [3.05, 3.63) is 38.4 Å². The molecule has 1 aromatic carbocycles. The van der Waals surface area contributed by atoms with Gasteiger partial charge in [0.05, 0.1) is 22.6 Å². The molecule has 86 valence electrons. The van der Waals surface area contributed by atoms with Crippen molar-refractivity contribution in [3.63, 3.8) is 0 Å². The Balaban J connectivity index is 3.38. The maximum Gasteiger partial charge on any atom is 0.339 e. The summed E-state index contributed by atoms with van der Waals surface area (Å²) in [6, 6.07) is 2.49. The lowest BCUT2D eigenvalue weighted by molar-refractivity contribution is -0.385. The van der Waals surface area contributed by atoms with Gasteiger partial charge in [-0.25, -0.2) is 4.79 Å². The molecule has 0 N–H and O–H groups in total. The topological polar surface area (TPSA) is 69.4 Å². The number of benzene rings is 1. The molecule has 0 atom stereocenters. The minimum atomic E-state index is -0.700. The van der Waals surface area contributed by atoms with Crippen molar-refractivity contribution in [1.82, 2.24) is 0 Å². The number of ether oxygens (including phenoxy) is 1. The Morgan fingerprint density at radius 1 is 1.62 bits per heavy atom. The van der Waals surface area contributed by atoms with Gasteiger partial charge in [-0.2, -0.15) is 0 Å². The van der Waals surface area contributed by atoms with Crippen LogP contribution >= 0.6 is 27.5 Å². The first-order valence-electron chi connectivity index (χ1n) is 4.12. The number of halogens is 2. The Hall–Kier alpha value is -1.14. The largest absolute Gasteiger partial charge is 0.465 e. The molecular weight excluding hydrogens is 301 g/mol. The Labute approximate surface area is 105 Å². The molecule has 0 saturated carbocycles. The smallest absolute Gasteiger partial charge is 0.339 e.